The number of amides is 1. The zero-order valence-corrected chi connectivity index (χ0v) is 10.4. The predicted octanol–water partition coefficient (Wildman–Crippen LogP) is 2.11. The van der Waals surface area contributed by atoms with Crippen LogP contribution in [-0.4, -0.2) is 27.7 Å². The molecule has 6 nitrogen and oxygen atoms in total. The van der Waals surface area contributed by atoms with Gasteiger partial charge in [-0.15, -0.1) is 5.10 Å². The number of rotatable bonds is 4. The lowest BCUT2D eigenvalue weighted by Crippen LogP contribution is -2.13. The predicted molar refractivity (Wildman–Crippen MR) is 67.0 cm³/mol. The number of nitrogens with one attached hydrogen (secondary N) is 2. The Morgan fingerprint density at radius 3 is 3.00 bits per heavy atom. The average molecular weight is 267 g/mol. The van der Waals surface area contributed by atoms with Crippen LogP contribution >= 0.6 is 11.6 Å². The van der Waals surface area contributed by atoms with E-state index < -0.39 is 0 Å². The number of ether oxygens (including phenoxy) is 1. The van der Waals surface area contributed by atoms with Crippen LogP contribution in [0.25, 0.3) is 0 Å². The summed E-state index contributed by atoms with van der Waals surface area (Å²) < 4.78 is 5.07. The van der Waals surface area contributed by atoms with Gasteiger partial charge in [0.05, 0.1) is 17.2 Å². The number of aromatic amines is 1. The molecule has 94 valence electrons. The molecule has 0 unspecified atom stereocenters. The van der Waals surface area contributed by atoms with E-state index in [1.165, 1.54) is 0 Å². The maximum absolute atomic E-state index is 11.9. The molecule has 7 heteroatoms. The fraction of sp³-hybridized carbons (Fsp3) is 0.182. The highest BCUT2D eigenvalue weighted by atomic mass is 35.5. The van der Waals surface area contributed by atoms with Crippen molar-refractivity contribution in [2.24, 2.45) is 0 Å². The van der Waals surface area contributed by atoms with Crippen LogP contribution in [0.5, 0.6) is 6.01 Å². The average Bonchev–Trinajstić information content (AvgIpc) is 2.77. The minimum Gasteiger partial charge on any atom is -0.463 e. The number of hydrogen-bond acceptors (Lipinski definition) is 4. The quantitative estimate of drug-likeness (QED) is 0.888. The number of carbonyl (C=O) groups excluding carboxylic acids is 1. The molecule has 0 spiro atoms. The largest absolute Gasteiger partial charge is 0.463 e. The van der Waals surface area contributed by atoms with Crippen LogP contribution in [0.3, 0.4) is 0 Å². The second kappa shape index (κ2) is 5.50. The molecular weight excluding hydrogens is 256 g/mol. The highest BCUT2D eigenvalue weighted by molar-refractivity contribution is 6.34. The van der Waals surface area contributed by atoms with E-state index in [4.69, 9.17) is 16.3 Å². The molecule has 1 aromatic heterocycles. The summed E-state index contributed by atoms with van der Waals surface area (Å²) in [5.41, 5.74) is 0.369. The van der Waals surface area contributed by atoms with Crippen molar-refractivity contribution in [2.75, 3.05) is 11.9 Å². The van der Waals surface area contributed by atoms with Crippen LogP contribution in [0.15, 0.2) is 24.3 Å². The Kier molecular flexibility index (Phi) is 3.78. The van der Waals surface area contributed by atoms with E-state index in [1.807, 2.05) is 6.92 Å². The van der Waals surface area contributed by atoms with Gasteiger partial charge in [0, 0.05) is 0 Å². The van der Waals surface area contributed by atoms with Gasteiger partial charge in [-0.1, -0.05) is 23.7 Å². The van der Waals surface area contributed by atoms with Crippen molar-refractivity contribution in [3.05, 3.63) is 34.9 Å². The van der Waals surface area contributed by atoms with E-state index in [-0.39, 0.29) is 17.9 Å². The lowest BCUT2D eigenvalue weighted by Gasteiger charge is -2.02. The van der Waals surface area contributed by atoms with E-state index >= 15 is 0 Å². The van der Waals surface area contributed by atoms with Crippen LogP contribution in [0.1, 0.15) is 17.3 Å². The SMILES string of the molecule is CCOc1n[nH]c(NC(=O)c2ccccc2Cl)n1. The number of nitrogens with zero attached hydrogens (tertiary/aromatic N) is 2. The van der Waals surface area contributed by atoms with Gasteiger partial charge in [-0.25, -0.2) is 5.10 Å². The fourth-order valence-corrected chi connectivity index (χ4v) is 1.54. The topological polar surface area (TPSA) is 79.9 Å². The second-order valence-electron chi connectivity index (χ2n) is 3.33. The fourth-order valence-electron chi connectivity index (χ4n) is 1.32. The summed E-state index contributed by atoms with van der Waals surface area (Å²) in [7, 11) is 0. The monoisotopic (exact) mass is 266 g/mol. The molecule has 0 aliphatic carbocycles. The first-order valence-electron chi connectivity index (χ1n) is 5.31. The molecule has 1 heterocycles. The lowest BCUT2D eigenvalue weighted by molar-refractivity contribution is 0.102. The van der Waals surface area contributed by atoms with Crippen LogP contribution in [0, 0.1) is 0 Å². The smallest absolute Gasteiger partial charge is 0.337 e. The number of hydrogen-bond donors (Lipinski definition) is 2. The molecule has 2 aromatic rings. The van der Waals surface area contributed by atoms with E-state index in [9.17, 15) is 4.79 Å². The summed E-state index contributed by atoms with van der Waals surface area (Å²) >= 11 is 5.91. The third kappa shape index (κ3) is 2.78. The third-order valence-corrected chi connectivity index (χ3v) is 2.42. The van der Waals surface area contributed by atoms with Gasteiger partial charge in [-0.2, -0.15) is 4.98 Å². The first kappa shape index (κ1) is 12.4. The van der Waals surface area contributed by atoms with Crippen molar-refractivity contribution < 1.29 is 9.53 Å². The molecule has 2 N–H and O–H groups in total. The third-order valence-electron chi connectivity index (χ3n) is 2.09. The number of benzene rings is 1. The van der Waals surface area contributed by atoms with Gasteiger partial charge in [-0.3, -0.25) is 10.1 Å². The number of carbonyl (C=O) groups is 1. The van der Waals surface area contributed by atoms with Gasteiger partial charge in [-0.05, 0) is 19.1 Å². The van der Waals surface area contributed by atoms with Crippen molar-refractivity contribution in [3.63, 3.8) is 0 Å². The van der Waals surface area contributed by atoms with Crippen molar-refractivity contribution >= 4 is 23.5 Å². The standard InChI is InChI=1S/C11H11ClN4O2/c1-2-18-11-14-10(15-16-11)13-9(17)7-5-3-4-6-8(7)12/h3-6H,2H2,1H3,(H2,13,14,15,16,17). The van der Waals surface area contributed by atoms with Gasteiger partial charge in [0.15, 0.2) is 0 Å². The Morgan fingerprint density at radius 1 is 1.50 bits per heavy atom. The van der Waals surface area contributed by atoms with Crippen LogP contribution in [-0.2, 0) is 0 Å². The summed E-state index contributed by atoms with van der Waals surface area (Å²) in [4.78, 5) is 15.8. The molecule has 0 aliphatic heterocycles. The molecule has 0 saturated carbocycles. The zero-order valence-electron chi connectivity index (χ0n) is 9.61. The Labute approximate surface area is 108 Å². The Hall–Kier alpha value is -2.08. The Balaban J connectivity index is 2.09. The minimum absolute atomic E-state index is 0.187. The highest BCUT2D eigenvalue weighted by Crippen LogP contribution is 2.16. The summed E-state index contributed by atoms with van der Waals surface area (Å²) in [6, 6.07) is 6.93. The van der Waals surface area contributed by atoms with Crippen molar-refractivity contribution in [1.29, 1.82) is 0 Å². The van der Waals surface area contributed by atoms with Gasteiger partial charge < -0.3 is 4.74 Å². The van der Waals surface area contributed by atoms with Crippen LogP contribution < -0.4 is 10.1 Å². The van der Waals surface area contributed by atoms with Crippen LogP contribution in [0.2, 0.25) is 5.02 Å². The molecule has 1 aromatic carbocycles. The first-order valence-corrected chi connectivity index (χ1v) is 5.69. The zero-order chi connectivity index (χ0) is 13.0. The highest BCUT2D eigenvalue weighted by Gasteiger charge is 2.12. The van der Waals surface area contributed by atoms with E-state index in [0.717, 1.165) is 0 Å². The maximum atomic E-state index is 11.9. The van der Waals surface area contributed by atoms with E-state index in [0.29, 0.717) is 17.2 Å². The molecular formula is C11H11ClN4O2. The normalized spacial score (nSPS) is 10.1. The van der Waals surface area contributed by atoms with Crippen molar-refractivity contribution in [1.82, 2.24) is 15.2 Å². The van der Waals surface area contributed by atoms with Gasteiger partial charge >= 0.3 is 6.01 Å². The number of halogens is 1. The van der Waals surface area contributed by atoms with E-state index in [1.54, 1.807) is 24.3 Å². The molecule has 0 fully saturated rings. The lowest BCUT2D eigenvalue weighted by atomic mass is 10.2. The number of aromatic nitrogens is 3. The molecule has 0 atom stereocenters. The van der Waals surface area contributed by atoms with Crippen LogP contribution in [0.4, 0.5) is 5.95 Å². The molecule has 0 saturated heterocycles. The van der Waals surface area contributed by atoms with Gasteiger partial charge in [0.2, 0.25) is 5.95 Å². The molecule has 0 aliphatic rings. The maximum Gasteiger partial charge on any atom is 0.337 e. The van der Waals surface area contributed by atoms with Crippen molar-refractivity contribution in [2.45, 2.75) is 6.92 Å². The molecule has 2 rings (SSSR count). The molecule has 0 bridgehead atoms. The summed E-state index contributed by atoms with van der Waals surface area (Å²) in [5.74, 6) is -0.150. The molecule has 0 radical (unpaired) electrons. The second-order valence-corrected chi connectivity index (χ2v) is 3.74. The number of H-pyrrole nitrogens is 1. The van der Waals surface area contributed by atoms with Gasteiger partial charge in [0.25, 0.3) is 5.91 Å². The van der Waals surface area contributed by atoms with Gasteiger partial charge in [0.1, 0.15) is 0 Å². The summed E-state index contributed by atoms with van der Waals surface area (Å²) in [5, 5.41) is 9.24. The number of anilines is 1. The summed E-state index contributed by atoms with van der Waals surface area (Å²) in [6.07, 6.45) is 0. The van der Waals surface area contributed by atoms with E-state index in [2.05, 4.69) is 20.5 Å². The Morgan fingerprint density at radius 2 is 2.28 bits per heavy atom. The Bertz CT molecular complexity index is 555. The van der Waals surface area contributed by atoms with Crippen molar-refractivity contribution in [3.8, 4) is 6.01 Å². The molecule has 1 amide bonds. The first-order chi connectivity index (χ1) is 8.70. The molecule has 18 heavy (non-hydrogen) atoms. The minimum atomic E-state index is -0.361. The summed E-state index contributed by atoms with van der Waals surface area (Å²) in [6.45, 7) is 2.27.